The van der Waals surface area contributed by atoms with Gasteiger partial charge < -0.3 is 15.2 Å². The number of halogens is 1. The molecule has 8 heteroatoms. The summed E-state index contributed by atoms with van der Waals surface area (Å²) in [5, 5.41) is 0. The minimum Gasteiger partial charge on any atom is -0.493 e. The lowest BCUT2D eigenvalue weighted by molar-refractivity contribution is 0.257. The van der Waals surface area contributed by atoms with E-state index < -0.39 is 10.0 Å². The number of ether oxygens (including phenoxy) is 2. The van der Waals surface area contributed by atoms with Gasteiger partial charge in [-0.25, -0.2) is 8.42 Å². The average molecular weight is 365 g/mol. The standard InChI is InChI=1S/C15H24N2O4S.ClH/c1-11-8-13(20-2)14(21-3)9-15(11)22(18,19)17-7-5-4-6-12(17)10-16;/h8-9,12H,4-7,10,16H2,1-3H3;1H. The molecular formula is C15H25ClN2O4S. The van der Waals surface area contributed by atoms with E-state index in [4.69, 9.17) is 15.2 Å². The highest BCUT2D eigenvalue weighted by atomic mass is 35.5. The maximum absolute atomic E-state index is 13.0. The quantitative estimate of drug-likeness (QED) is 0.863. The molecule has 1 aliphatic rings. The molecule has 2 N–H and O–H groups in total. The number of benzene rings is 1. The molecule has 1 fully saturated rings. The van der Waals surface area contributed by atoms with Crippen LogP contribution in [0.25, 0.3) is 0 Å². The number of nitrogens with two attached hydrogens (primary N) is 1. The summed E-state index contributed by atoms with van der Waals surface area (Å²) >= 11 is 0. The van der Waals surface area contributed by atoms with E-state index in [1.807, 2.05) is 0 Å². The average Bonchev–Trinajstić information content (AvgIpc) is 2.54. The van der Waals surface area contributed by atoms with Gasteiger partial charge in [0.25, 0.3) is 0 Å². The second kappa shape index (κ2) is 8.19. The first kappa shape index (κ1) is 20.0. The molecule has 1 unspecified atom stereocenters. The molecule has 23 heavy (non-hydrogen) atoms. The van der Waals surface area contributed by atoms with Crippen LogP contribution in [-0.2, 0) is 10.0 Å². The Hall–Kier alpha value is -1.02. The molecule has 0 bridgehead atoms. The van der Waals surface area contributed by atoms with Gasteiger partial charge in [-0.05, 0) is 31.4 Å². The number of rotatable bonds is 5. The molecule has 1 atom stereocenters. The van der Waals surface area contributed by atoms with Crippen LogP contribution < -0.4 is 15.2 Å². The van der Waals surface area contributed by atoms with Crippen molar-refractivity contribution in [1.82, 2.24) is 4.31 Å². The highest BCUT2D eigenvalue weighted by molar-refractivity contribution is 7.89. The van der Waals surface area contributed by atoms with Gasteiger partial charge in [-0.1, -0.05) is 6.42 Å². The molecule has 0 spiro atoms. The fourth-order valence-electron chi connectivity index (χ4n) is 2.89. The Kier molecular flexibility index (Phi) is 7.13. The molecule has 1 heterocycles. The van der Waals surface area contributed by atoms with Crippen molar-refractivity contribution < 1.29 is 17.9 Å². The topological polar surface area (TPSA) is 81.9 Å². The summed E-state index contributed by atoms with van der Waals surface area (Å²) in [6, 6.07) is 3.09. The van der Waals surface area contributed by atoms with Gasteiger partial charge in [-0.2, -0.15) is 4.31 Å². The van der Waals surface area contributed by atoms with Crippen LogP contribution in [0.4, 0.5) is 0 Å². The van der Waals surface area contributed by atoms with E-state index in [1.165, 1.54) is 24.6 Å². The zero-order chi connectivity index (χ0) is 16.3. The maximum Gasteiger partial charge on any atom is 0.243 e. The van der Waals surface area contributed by atoms with E-state index in [2.05, 4.69) is 0 Å². The summed E-state index contributed by atoms with van der Waals surface area (Å²) in [6.45, 7) is 2.61. The number of hydrogen-bond acceptors (Lipinski definition) is 5. The third-order valence-electron chi connectivity index (χ3n) is 4.11. The first-order valence-electron chi connectivity index (χ1n) is 7.40. The van der Waals surface area contributed by atoms with E-state index in [0.29, 0.717) is 30.2 Å². The number of nitrogens with zero attached hydrogens (tertiary/aromatic N) is 1. The molecule has 1 aromatic carbocycles. The van der Waals surface area contributed by atoms with Crippen LogP contribution in [0.3, 0.4) is 0 Å². The second-order valence-corrected chi connectivity index (χ2v) is 7.33. The molecule has 0 saturated carbocycles. The van der Waals surface area contributed by atoms with Crippen molar-refractivity contribution in [2.45, 2.75) is 37.1 Å². The lowest BCUT2D eigenvalue weighted by Gasteiger charge is -2.34. The number of hydrogen-bond donors (Lipinski definition) is 1. The van der Waals surface area contributed by atoms with Crippen LogP contribution in [-0.4, -0.2) is 46.1 Å². The van der Waals surface area contributed by atoms with E-state index in [-0.39, 0.29) is 23.3 Å². The SMILES string of the molecule is COc1cc(C)c(S(=O)(=O)N2CCCCC2CN)cc1OC.Cl. The number of aryl methyl sites for hydroxylation is 1. The van der Waals surface area contributed by atoms with Gasteiger partial charge in [0.1, 0.15) is 0 Å². The van der Waals surface area contributed by atoms with Gasteiger partial charge in [0.15, 0.2) is 11.5 Å². The van der Waals surface area contributed by atoms with Crippen molar-refractivity contribution in [3.05, 3.63) is 17.7 Å². The van der Waals surface area contributed by atoms with Crippen LogP contribution in [0, 0.1) is 6.92 Å². The van der Waals surface area contributed by atoms with Gasteiger partial charge in [-0.15, -0.1) is 12.4 Å². The van der Waals surface area contributed by atoms with Crippen molar-refractivity contribution >= 4 is 22.4 Å². The minimum absolute atomic E-state index is 0. The van der Waals surface area contributed by atoms with Crippen molar-refractivity contribution in [3.8, 4) is 11.5 Å². The zero-order valence-corrected chi connectivity index (χ0v) is 15.4. The maximum atomic E-state index is 13.0. The lowest BCUT2D eigenvalue weighted by atomic mass is 10.1. The van der Waals surface area contributed by atoms with Gasteiger partial charge in [-0.3, -0.25) is 0 Å². The molecule has 2 rings (SSSR count). The van der Waals surface area contributed by atoms with Crippen LogP contribution in [0.2, 0.25) is 0 Å². The predicted octanol–water partition coefficient (Wildman–Crippen LogP) is 1.94. The number of piperidine rings is 1. The van der Waals surface area contributed by atoms with E-state index in [0.717, 1.165) is 19.3 Å². The molecule has 0 radical (unpaired) electrons. The highest BCUT2D eigenvalue weighted by Gasteiger charge is 2.34. The third kappa shape index (κ3) is 3.91. The van der Waals surface area contributed by atoms with Gasteiger partial charge in [0.2, 0.25) is 10.0 Å². The highest BCUT2D eigenvalue weighted by Crippen LogP contribution is 2.35. The van der Waals surface area contributed by atoms with Crippen LogP contribution in [0.1, 0.15) is 24.8 Å². The summed E-state index contributed by atoms with van der Waals surface area (Å²) in [6.07, 6.45) is 2.68. The Bertz CT molecular complexity index is 637. The fourth-order valence-corrected chi connectivity index (χ4v) is 4.82. The zero-order valence-electron chi connectivity index (χ0n) is 13.7. The van der Waals surface area contributed by atoms with E-state index >= 15 is 0 Å². The fraction of sp³-hybridized carbons (Fsp3) is 0.600. The number of methoxy groups -OCH3 is 2. The molecular weight excluding hydrogens is 340 g/mol. The summed E-state index contributed by atoms with van der Waals surface area (Å²) in [5.74, 6) is 0.931. The molecule has 0 amide bonds. The van der Waals surface area contributed by atoms with Crippen LogP contribution >= 0.6 is 12.4 Å². The monoisotopic (exact) mass is 364 g/mol. The number of sulfonamides is 1. The molecule has 1 aliphatic heterocycles. The summed E-state index contributed by atoms with van der Waals surface area (Å²) in [5.41, 5.74) is 6.40. The summed E-state index contributed by atoms with van der Waals surface area (Å²) in [4.78, 5) is 0.255. The molecule has 0 aliphatic carbocycles. The molecule has 0 aromatic heterocycles. The largest absolute Gasteiger partial charge is 0.493 e. The minimum atomic E-state index is -3.59. The van der Waals surface area contributed by atoms with Crippen molar-refractivity contribution in [1.29, 1.82) is 0 Å². The van der Waals surface area contributed by atoms with Gasteiger partial charge in [0, 0.05) is 25.2 Å². The third-order valence-corrected chi connectivity index (χ3v) is 6.21. The Morgan fingerprint density at radius 3 is 2.39 bits per heavy atom. The van der Waals surface area contributed by atoms with Gasteiger partial charge >= 0.3 is 0 Å². The normalized spacial score (nSPS) is 19.0. The second-order valence-electron chi connectivity index (χ2n) is 5.47. The molecule has 1 aromatic rings. The molecule has 1 saturated heterocycles. The smallest absolute Gasteiger partial charge is 0.243 e. The Morgan fingerprint density at radius 1 is 1.22 bits per heavy atom. The molecule has 132 valence electrons. The predicted molar refractivity (Wildman–Crippen MR) is 92.1 cm³/mol. The summed E-state index contributed by atoms with van der Waals surface area (Å²) in [7, 11) is -0.572. The van der Waals surface area contributed by atoms with Crippen LogP contribution in [0.5, 0.6) is 11.5 Å². The van der Waals surface area contributed by atoms with E-state index in [1.54, 1.807) is 13.0 Å². The Labute approximate surface area is 144 Å². The Morgan fingerprint density at radius 2 is 1.83 bits per heavy atom. The van der Waals surface area contributed by atoms with Crippen molar-refractivity contribution in [2.75, 3.05) is 27.3 Å². The summed E-state index contributed by atoms with van der Waals surface area (Å²) < 4.78 is 38.0. The first-order valence-corrected chi connectivity index (χ1v) is 8.84. The lowest BCUT2D eigenvalue weighted by Crippen LogP contribution is -2.47. The Balaban J connectivity index is 0.00000264. The van der Waals surface area contributed by atoms with E-state index in [9.17, 15) is 8.42 Å². The van der Waals surface area contributed by atoms with Crippen LogP contribution in [0.15, 0.2) is 17.0 Å². The molecule has 6 nitrogen and oxygen atoms in total. The van der Waals surface area contributed by atoms with Crippen molar-refractivity contribution in [3.63, 3.8) is 0 Å². The first-order chi connectivity index (χ1) is 10.5. The van der Waals surface area contributed by atoms with Gasteiger partial charge in [0.05, 0.1) is 19.1 Å². The van der Waals surface area contributed by atoms with Crippen molar-refractivity contribution in [2.24, 2.45) is 5.73 Å².